The van der Waals surface area contributed by atoms with Crippen molar-refractivity contribution in [2.75, 3.05) is 6.61 Å². The number of halogens is 2. The van der Waals surface area contributed by atoms with Gasteiger partial charge in [0.15, 0.2) is 0 Å². The van der Waals surface area contributed by atoms with Gasteiger partial charge in [-0.1, -0.05) is 47.5 Å². The van der Waals surface area contributed by atoms with Crippen LogP contribution in [0.3, 0.4) is 0 Å². The molecule has 1 aromatic heterocycles. The molecule has 0 aliphatic heterocycles. The fourth-order valence-electron chi connectivity index (χ4n) is 3.57. The molecule has 164 valence electrons. The standard InChI is InChI=1S/C25H23Cl2N3O2/c1-17(28-25(31)18-11-13-19(26)14-12-18)24-29-21-8-3-4-9-22(21)30(24)15-6-16-32-23-10-5-2-7-20(23)27/h2-5,7-14,17H,6,15-16H2,1H3,(H,28,31). The third kappa shape index (κ3) is 5.06. The predicted octanol–water partition coefficient (Wildman–Crippen LogP) is 6.30. The number of fused-ring (bicyclic) bond motifs is 1. The summed E-state index contributed by atoms with van der Waals surface area (Å²) in [7, 11) is 0. The Morgan fingerprint density at radius 1 is 1.03 bits per heavy atom. The van der Waals surface area contributed by atoms with Gasteiger partial charge in [0.1, 0.15) is 11.6 Å². The smallest absolute Gasteiger partial charge is 0.251 e. The number of rotatable bonds is 8. The monoisotopic (exact) mass is 467 g/mol. The average Bonchev–Trinajstić information content (AvgIpc) is 3.17. The fourth-order valence-corrected chi connectivity index (χ4v) is 3.89. The maximum atomic E-state index is 12.7. The second-order valence-electron chi connectivity index (χ2n) is 7.44. The quantitative estimate of drug-likeness (QED) is 0.309. The van der Waals surface area contributed by atoms with Gasteiger partial charge in [-0.3, -0.25) is 4.79 Å². The first kappa shape index (κ1) is 22.2. The first-order chi connectivity index (χ1) is 15.5. The molecule has 4 rings (SSSR count). The van der Waals surface area contributed by atoms with Gasteiger partial charge in [-0.15, -0.1) is 0 Å². The van der Waals surface area contributed by atoms with Gasteiger partial charge in [0.05, 0.1) is 28.7 Å². The number of hydrogen-bond donors (Lipinski definition) is 1. The normalized spacial score (nSPS) is 12.0. The van der Waals surface area contributed by atoms with Crippen LogP contribution in [0.15, 0.2) is 72.8 Å². The van der Waals surface area contributed by atoms with E-state index in [2.05, 4.69) is 9.88 Å². The third-order valence-corrected chi connectivity index (χ3v) is 5.71. The molecule has 7 heteroatoms. The van der Waals surface area contributed by atoms with E-state index in [9.17, 15) is 4.79 Å². The van der Waals surface area contributed by atoms with Crippen molar-refractivity contribution in [2.45, 2.75) is 25.9 Å². The van der Waals surface area contributed by atoms with Gasteiger partial charge >= 0.3 is 0 Å². The summed E-state index contributed by atoms with van der Waals surface area (Å²) in [6.07, 6.45) is 0.760. The number of nitrogens with one attached hydrogen (secondary N) is 1. The first-order valence-electron chi connectivity index (χ1n) is 10.4. The van der Waals surface area contributed by atoms with Crippen LogP contribution in [0.5, 0.6) is 5.75 Å². The molecule has 0 aliphatic rings. The van der Waals surface area contributed by atoms with Crippen molar-refractivity contribution in [3.63, 3.8) is 0 Å². The van der Waals surface area contributed by atoms with Crippen LogP contribution in [-0.4, -0.2) is 22.1 Å². The molecule has 0 fully saturated rings. The molecule has 0 saturated heterocycles. The predicted molar refractivity (Wildman–Crippen MR) is 129 cm³/mol. The Bertz CT molecular complexity index is 1220. The zero-order valence-electron chi connectivity index (χ0n) is 17.6. The van der Waals surface area contributed by atoms with Crippen LogP contribution in [-0.2, 0) is 6.54 Å². The minimum absolute atomic E-state index is 0.171. The van der Waals surface area contributed by atoms with E-state index in [4.69, 9.17) is 32.9 Å². The second-order valence-corrected chi connectivity index (χ2v) is 8.29. The van der Waals surface area contributed by atoms with Crippen LogP contribution in [0.25, 0.3) is 11.0 Å². The molecule has 1 N–H and O–H groups in total. The van der Waals surface area contributed by atoms with Gasteiger partial charge in [-0.05, 0) is 61.9 Å². The molecule has 3 aromatic carbocycles. The van der Waals surface area contributed by atoms with Crippen LogP contribution in [0.2, 0.25) is 10.0 Å². The van der Waals surface area contributed by atoms with Crippen LogP contribution in [0, 0.1) is 0 Å². The van der Waals surface area contributed by atoms with Crippen molar-refractivity contribution in [3.8, 4) is 5.75 Å². The van der Waals surface area contributed by atoms with Gasteiger partial charge < -0.3 is 14.6 Å². The fraction of sp³-hybridized carbons (Fsp3) is 0.200. The number of imidazole rings is 1. The Hall–Kier alpha value is -3.02. The van der Waals surface area contributed by atoms with Gasteiger partial charge in [0.25, 0.3) is 5.91 Å². The Kier molecular flexibility index (Phi) is 6.98. The number of para-hydroxylation sites is 3. The first-order valence-corrected chi connectivity index (χ1v) is 11.2. The maximum absolute atomic E-state index is 12.7. The largest absolute Gasteiger partial charge is 0.492 e. The molecule has 32 heavy (non-hydrogen) atoms. The minimum atomic E-state index is -0.282. The van der Waals surface area contributed by atoms with Crippen LogP contribution >= 0.6 is 23.2 Å². The summed E-state index contributed by atoms with van der Waals surface area (Å²) >= 11 is 12.1. The van der Waals surface area contributed by atoms with Crippen LogP contribution < -0.4 is 10.1 Å². The van der Waals surface area contributed by atoms with Crippen molar-refractivity contribution in [1.82, 2.24) is 14.9 Å². The van der Waals surface area contributed by atoms with Crippen molar-refractivity contribution >= 4 is 40.1 Å². The number of amides is 1. The van der Waals surface area contributed by atoms with Crippen LogP contribution in [0.1, 0.15) is 35.6 Å². The average molecular weight is 468 g/mol. The van der Waals surface area contributed by atoms with E-state index in [1.165, 1.54) is 0 Å². The Morgan fingerprint density at radius 3 is 2.53 bits per heavy atom. The SMILES string of the molecule is CC(NC(=O)c1ccc(Cl)cc1)c1nc2ccccc2n1CCCOc1ccccc1Cl. The highest BCUT2D eigenvalue weighted by Gasteiger charge is 2.19. The second kappa shape index (κ2) is 10.1. The van der Waals surface area contributed by atoms with Crippen molar-refractivity contribution in [2.24, 2.45) is 0 Å². The molecular weight excluding hydrogens is 445 g/mol. The molecule has 0 aliphatic carbocycles. The van der Waals surface area contributed by atoms with E-state index in [-0.39, 0.29) is 11.9 Å². The summed E-state index contributed by atoms with van der Waals surface area (Å²) in [5, 5.41) is 4.23. The highest BCUT2D eigenvalue weighted by Crippen LogP contribution is 2.24. The lowest BCUT2D eigenvalue weighted by Crippen LogP contribution is -2.28. The summed E-state index contributed by atoms with van der Waals surface area (Å²) in [5.41, 5.74) is 2.46. The number of carbonyl (C=O) groups is 1. The summed E-state index contributed by atoms with van der Waals surface area (Å²) < 4.78 is 7.97. The Morgan fingerprint density at radius 2 is 1.75 bits per heavy atom. The third-order valence-electron chi connectivity index (χ3n) is 5.15. The number of benzene rings is 3. The lowest BCUT2D eigenvalue weighted by atomic mass is 10.2. The number of hydrogen-bond acceptors (Lipinski definition) is 3. The van der Waals surface area contributed by atoms with Crippen molar-refractivity contribution in [1.29, 1.82) is 0 Å². The van der Waals surface area contributed by atoms with Gasteiger partial charge in [0.2, 0.25) is 0 Å². The zero-order chi connectivity index (χ0) is 22.5. The highest BCUT2D eigenvalue weighted by atomic mass is 35.5. The van der Waals surface area contributed by atoms with E-state index < -0.39 is 0 Å². The van der Waals surface area contributed by atoms with E-state index in [1.54, 1.807) is 24.3 Å². The number of carbonyl (C=O) groups excluding carboxylic acids is 1. The van der Waals surface area contributed by atoms with E-state index >= 15 is 0 Å². The molecule has 0 saturated carbocycles. The van der Waals surface area contributed by atoms with E-state index in [0.717, 1.165) is 23.3 Å². The summed E-state index contributed by atoms with van der Waals surface area (Å²) in [4.78, 5) is 17.5. The molecule has 1 amide bonds. The number of nitrogens with zero attached hydrogens (tertiary/aromatic N) is 2. The highest BCUT2D eigenvalue weighted by molar-refractivity contribution is 6.32. The molecule has 4 aromatic rings. The molecule has 0 bridgehead atoms. The lowest BCUT2D eigenvalue weighted by Gasteiger charge is -2.17. The molecule has 1 unspecified atom stereocenters. The van der Waals surface area contributed by atoms with Gasteiger partial charge in [-0.25, -0.2) is 4.98 Å². The molecule has 0 radical (unpaired) electrons. The summed E-state index contributed by atoms with van der Waals surface area (Å²) in [6.45, 7) is 3.15. The maximum Gasteiger partial charge on any atom is 0.251 e. The van der Waals surface area contributed by atoms with Crippen molar-refractivity contribution < 1.29 is 9.53 Å². The molecule has 5 nitrogen and oxygen atoms in total. The molecule has 0 spiro atoms. The Balaban J connectivity index is 1.48. The number of aromatic nitrogens is 2. The molecule has 1 heterocycles. The number of aryl methyl sites for hydroxylation is 1. The van der Waals surface area contributed by atoms with Gasteiger partial charge in [-0.2, -0.15) is 0 Å². The van der Waals surface area contributed by atoms with E-state index in [0.29, 0.717) is 34.5 Å². The topological polar surface area (TPSA) is 56.2 Å². The number of ether oxygens (including phenoxy) is 1. The van der Waals surface area contributed by atoms with E-state index in [1.807, 2.05) is 55.5 Å². The summed E-state index contributed by atoms with van der Waals surface area (Å²) in [6, 6.07) is 21.9. The summed E-state index contributed by atoms with van der Waals surface area (Å²) in [5.74, 6) is 1.30. The zero-order valence-corrected chi connectivity index (χ0v) is 19.1. The van der Waals surface area contributed by atoms with Crippen LogP contribution in [0.4, 0.5) is 0 Å². The van der Waals surface area contributed by atoms with Gasteiger partial charge in [0, 0.05) is 17.1 Å². The Labute approximate surface area is 196 Å². The molecule has 1 atom stereocenters. The molecular formula is C25H23Cl2N3O2. The van der Waals surface area contributed by atoms with Crippen molar-refractivity contribution in [3.05, 3.63) is 94.2 Å². The lowest BCUT2D eigenvalue weighted by molar-refractivity contribution is 0.0937. The minimum Gasteiger partial charge on any atom is -0.492 e.